The lowest BCUT2D eigenvalue weighted by atomic mass is 10.1. The van der Waals surface area contributed by atoms with Crippen LogP contribution < -0.4 is 0 Å². The highest BCUT2D eigenvalue weighted by molar-refractivity contribution is 5.86. The minimum Gasteiger partial charge on any atom is -0.289 e. The highest BCUT2D eigenvalue weighted by Gasteiger charge is 2.38. The van der Waals surface area contributed by atoms with Crippen LogP contribution in [0, 0.1) is 5.82 Å². The molecule has 1 nitrogen and oxygen atoms in total. The molecule has 0 N–H and O–H groups in total. The third-order valence-corrected chi connectivity index (χ3v) is 2.02. The van der Waals surface area contributed by atoms with E-state index in [0.717, 1.165) is 0 Å². The molecule has 0 saturated carbocycles. The summed E-state index contributed by atoms with van der Waals surface area (Å²) in [6.07, 6.45) is -11.2. The Morgan fingerprint density at radius 2 is 1.61 bits per heavy atom. The van der Waals surface area contributed by atoms with E-state index in [4.69, 9.17) is 0 Å². The molecule has 18 heavy (non-hydrogen) atoms. The van der Waals surface area contributed by atoms with E-state index in [1.165, 1.54) is 0 Å². The maximum absolute atomic E-state index is 13.0. The topological polar surface area (TPSA) is 17.1 Å². The van der Waals surface area contributed by atoms with Gasteiger partial charge in [0.1, 0.15) is 5.82 Å². The molecular formula is C10H5F7O. The van der Waals surface area contributed by atoms with Crippen LogP contribution in [0.1, 0.15) is 11.1 Å². The minimum atomic E-state index is -5.10. The summed E-state index contributed by atoms with van der Waals surface area (Å²) in [5.74, 6) is -3.86. The van der Waals surface area contributed by atoms with E-state index in [0.29, 0.717) is 12.1 Å². The second-order valence-electron chi connectivity index (χ2n) is 3.41. The Balaban J connectivity index is 2.96. The van der Waals surface area contributed by atoms with Gasteiger partial charge in [-0.25, -0.2) is 4.39 Å². The molecule has 0 amide bonds. The van der Waals surface area contributed by atoms with Crippen molar-refractivity contribution in [3.63, 3.8) is 0 Å². The first-order chi connectivity index (χ1) is 8.01. The number of hydrogen-bond acceptors (Lipinski definition) is 1. The SMILES string of the molecule is O=C(Cc1ccc(C(F)(F)F)c(F)c1)C(F)(F)F. The highest BCUT2D eigenvalue weighted by Crippen LogP contribution is 2.31. The number of carbonyl (C=O) groups is 1. The largest absolute Gasteiger partial charge is 0.450 e. The van der Waals surface area contributed by atoms with Gasteiger partial charge in [0.15, 0.2) is 0 Å². The first-order valence-electron chi connectivity index (χ1n) is 4.47. The monoisotopic (exact) mass is 274 g/mol. The predicted octanol–water partition coefficient (Wildman–Crippen LogP) is 3.52. The maximum Gasteiger partial charge on any atom is 0.450 e. The summed E-state index contributed by atoms with van der Waals surface area (Å²) >= 11 is 0. The average molecular weight is 274 g/mol. The summed E-state index contributed by atoms with van der Waals surface area (Å²) in [7, 11) is 0. The molecule has 0 saturated heterocycles. The fourth-order valence-electron chi connectivity index (χ4n) is 1.18. The standard InChI is InChI=1S/C10H5F7O/c11-7-3-5(4-8(18)10(15,16)17)1-2-6(7)9(12,13)14/h1-3H,4H2. The number of hydrogen-bond donors (Lipinski definition) is 0. The normalized spacial score (nSPS) is 12.6. The van der Waals surface area contributed by atoms with Crippen LogP contribution in [0.4, 0.5) is 30.7 Å². The van der Waals surface area contributed by atoms with E-state index in [1.54, 1.807) is 0 Å². The van der Waals surface area contributed by atoms with Gasteiger partial charge in [-0.05, 0) is 17.7 Å². The van der Waals surface area contributed by atoms with E-state index < -0.39 is 41.5 Å². The van der Waals surface area contributed by atoms with Crippen molar-refractivity contribution >= 4 is 5.78 Å². The summed E-state index contributed by atoms with van der Waals surface area (Å²) in [5.41, 5.74) is -2.06. The fraction of sp³-hybridized carbons (Fsp3) is 0.300. The predicted molar refractivity (Wildman–Crippen MR) is 46.2 cm³/mol. The van der Waals surface area contributed by atoms with Crippen LogP contribution in [0.15, 0.2) is 18.2 Å². The fourth-order valence-corrected chi connectivity index (χ4v) is 1.18. The van der Waals surface area contributed by atoms with Gasteiger partial charge in [-0.2, -0.15) is 26.3 Å². The van der Waals surface area contributed by atoms with E-state index in [9.17, 15) is 35.5 Å². The molecule has 0 aromatic heterocycles. The van der Waals surface area contributed by atoms with Crippen LogP contribution >= 0.6 is 0 Å². The lowest BCUT2D eigenvalue weighted by Crippen LogP contribution is -2.24. The summed E-state index contributed by atoms with van der Waals surface area (Å²) in [6.45, 7) is 0. The van der Waals surface area contributed by atoms with Crippen molar-refractivity contribution in [2.45, 2.75) is 18.8 Å². The van der Waals surface area contributed by atoms with Crippen LogP contribution in [0.3, 0.4) is 0 Å². The van der Waals surface area contributed by atoms with Crippen LogP contribution in [-0.2, 0) is 17.4 Å². The molecule has 0 spiro atoms. The van der Waals surface area contributed by atoms with Crippen molar-refractivity contribution in [2.24, 2.45) is 0 Å². The molecule has 0 radical (unpaired) electrons. The Kier molecular flexibility index (Phi) is 3.68. The number of benzene rings is 1. The number of halogens is 7. The quantitative estimate of drug-likeness (QED) is 0.754. The zero-order chi connectivity index (χ0) is 14.1. The Morgan fingerprint density at radius 1 is 1.06 bits per heavy atom. The average Bonchev–Trinajstić information content (AvgIpc) is 2.13. The van der Waals surface area contributed by atoms with E-state index >= 15 is 0 Å². The van der Waals surface area contributed by atoms with E-state index in [1.807, 2.05) is 0 Å². The van der Waals surface area contributed by atoms with Crippen LogP contribution in [0.5, 0.6) is 0 Å². The second kappa shape index (κ2) is 4.58. The summed E-state index contributed by atoms with van der Waals surface area (Å²) in [6, 6.07) is 1.20. The first-order valence-corrected chi connectivity index (χ1v) is 4.47. The molecule has 0 fully saturated rings. The van der Waals surface area contributed by atoms with Crippen molar-refractivity contribution in [1.29, 1.82) is 0 Å². The smallest absolute Gasteiger partial charge is 0.289 e. The highest BCUT2D eigenvalue weighted by atomic mass is 19.4. The first kappa shape index (κ1) is 14.5. The number of carbonyl (C=O) groups excluding carboxylic acids is 1. The Morgan fingerprint density at radius 3 is 2.00 bits per heavy atom. The molecule has 0 aliphatic heterocycles. The third kappa shape index (κ3) is 3.44. The van der Waals surface area contributed by atoms with E-state index in [2.05, 4.69) is 0 Å². The van der Waals surface area contributed by atoms with Crippen molar-refractivity contribution < 1.29 is 35.5 Å². The van der Waals surface area contributed by atoms with Gasteiger partial charge in [-0.15, -0.1) is 0 Å². The lowest BCUT2D eigenvalue weighted by Gasteiger charge is -2.09. The van der Waals surface area contributed by atoms with Gasteiger partial charge in [-0.1, -0.05) is 6.07 Å². The molecule has 1 aromatic rings. The van der Waals surface area contributed by atoms with Crippen LogP contribution in [-0.4, -0.2) is 12.0 Å². The van der Waals surface area contributed by atoms with Crippen molar-refractivity contribution in [2.75, 3.05) is 0 Å². The number of ketones is 1. The molecule has 0 unspecified atom stereocenters. The molecule has 1 rings (SSSR count). The van der Waals surface area contributed by atoms with Gasteiger partial charge < -0.3 is 0 Å². The van der Waals surface area contributed by atoms with Crippen molar-refractivity contribution in [3.05, 3.63) is 35.1 Å². The number of Topliss-reactive ketones (excluding diaryl/α,β-unsaturated/α-hetero) is 1. The summed E-state index contributed by atoms with van der Waals surface area (Å²) < 4.78 is 85.1. The van der Waals surface area contributed by atoms with Gasteiger partial charge in [0.2, 0.25) is 5.78 Å². The molecule has 0 aliphatic carbocycles. The van der Waals surface area contributed by atoms with E-state index in [-0.39, 0.29) is 6.07 Å². The Hall–Kier alpha value is -1.60. The molecule has 0 heterocycles. The van der Waals surface area contributed by atoms with Crippen LogP contribution in [0.2, 0.25) is 0 Å². The molecule has 100 valence electrons. The molecule has 0 atom stereocenters. The number of alkyl halides is 6. The molecule has 0 aliphatic rings. The molecule has 1 aromatic carbocycles. The number of rotatable bonds is 2. The van der Waals surface area contributed by atoms with Gasteiger partial charge in [0.25, 0.3) is 0 Å². The van der Waals surface area contributed by atoms with Crippen molar-refractivity contribution in [3.8, 4) is 0 Å². The summed E-state index contributed by atoms with van der Waals surface area (Å²) in [5, 5.41) is 0. The van der Waals surface area contributed by atoms with Crippen LogP contribution in [0.25, 0.3) is 0 Å². The Labute approximate surface area is 96.2 Å². The summed E-state index contributed by atoms with van der Waals surface area (Å²) in [4.78, 5) is 10.6. The lowest BCUT2D eigenvalue weighted by molar-refractivity contribution is -0.170. The van der Waals surface area contributed by atoms with Gasteiger partial charge >= 0.3 is 12.4 Å². The third-order valence-electron chi connectivity index (χ3n) is 2.02. The molecule has 8 heteroatoms. The van der Waals surface area contributed by atoms with Gasteiger partial charge in [0, 0.05) is 6.42 Å². The zero-order valence-corrected chi connectivity index (χ0v) is 8.49. The maximum atomic E-state index is 13.0. The molecular weight excluding hydrogens is 269 g/mol. The van der Waals surface area contributed by atoms with Crippen molar-refractivity contribution in [1.82, 2.24) is 0 Å². The van der Waals surface area contributed by atoms with Gasteiger partial charge in [0.05, 0.1) is 5.56 Å². The minimum absolute atomic E-state index is 0.270. The molecule has 0 bridgehead atoms. The van der Waals surface area contributed by atoms with Gasteiger partial charge in [-0.3, -0.25) is 4.79 Å². The Bertz CT molecular complexity index is 458. The second-order valence-corrected chi connectivity index (χ2v) is 3.41. The zero-order valence-electron chi connectivity index (χ0n) is 8.49.